The summed E-state index contributed by atoms with van der Waals surface area (Å²) in [5.74, 6) is 1.71. The molecule has 1 unspecified atom stereocenters. The lowest BCUT2D eigenvalue weighted by molar-refractivity contribution is 0.0302. The zero-order valence-electron chi connectivity index (χ0n) is 18.0. The molecule has 1 atom stereocenters. The number of hydrogen-bond donors (Lipinski definition) is 0. The van der Waals surface area contributed by atoms with Crippen LogP contribution in [0.1, 0.15) is 34.5 Å². The molecule has 0 spiro atoms. The zero-order chi connectivity index (χ0) is 21.2. The molecule has 0 bridgehead atoms. The summed E-state index contributed by atoms with van der Waals surface area (Å²) in [5, 5.41) is 0. The summed E-state index contributed by atoms with van der Waals surface area (Å²) in [6.07, 6.45) is 4.32. The molecule has 5 rings (SSSR count). The van der Waals surface area contributed by atoms with E-state index in [1.54, 1.807) is 17.3 Å². The minimum absolute atomic E-state index is 0.0215. The van der Waals surface area contributed by atoms with Gasteiger partial charge in [-0.1, -0.05) is 12.1 Å². The smallest absolute Gasteiger partial charge is 0.257 e. The molecule has 8 nitrogen and oxygen atoms in total. The summed E-state index contributed by atoms with van der Waals surface area (Å²) in [6, 6.07) is 6.98. The number of carbonyl (C=O) groups excluding carboxylic acids is 1. The van der Waals surface area contributed by atoms with E-state index in [2.05, 4.69) is 44.9 Å². The van der Waals surface area contributed by atoms with E-state index in [0.717, 1.165) is 45.0 Å². The fourth-order valence-corrected chi connectivity index (χ4v) is 4.51. The van der Waals surface area contributed by atoms with Gasteiger partial charge in [-0.05, 0) is 24.1 Å². The molecule has 3 aliphatic heterocycles. The van der Waals surface area contributed by atoms with Crippen molar-refractivity contribution < 1.29 is 14.3 Å². The van der Waals surface area contributed by atoms with E-state index in [-0.39, 0.29) is 5.91 Å². The first-order chi connectivity index (χ1) is 15.2. The average Bonchev–Trinajstić information content (AvgIpc) is 3.32. The highest BCUT2D eigenvalue weighted by Crippen LogP contribution is 2.31. The molecular weight excluding hydrogens is 394 g/mol. The van der Waals surface area contributed by atoms with Gasteiger partial charge in [-0.2, -0.15) is 0 Å². The fraction of sp³-hybridized carbons (Fsp3) is 0.522. The first kappa shape index (κ1) is 20.2. The fourth-order valence-electron chi connectivity index (χ4n) is 4.51. The Morgan fingerprint density at radius 3 is 2.48 bits per heavy atom. The Hall–Kier alpha value is -2.71. The van der Waals surface area contributed by atoms with Crippen molar-refractivity contribution in [1.82, 2.24) is 19.8 Å². The maximum absolute atomic E-state index is 12.6. The monoisotopic (exact) mass is 423 g/mol. The maximum atomic E-state index is 12.6. The van der Waals surface area contributed by atoms with E-state index in [4.69, 9.17) is 9.47 Å². The number of anilines is 1. The molecule has 4 heterocycles. The van der Waals surface area contributed by atoms with Gasteiger partial charge in [0.2, 0.25) is 5.95 Å². The van der Waals surface area contributed by atoms with E-state index >= 15 is 0 Å². The molecule has 0 radical (unpaired) electrons. The van der Waals surface area contributed by atoms with Crippen LogP contribution in [0, 0.1) is 0 Å². The van der Waals surface area contributed by atoms with Gasteiger partial charge in [0.05, 0.1) is 25.4 Å². The van der Waals surface area contributed by atoms with Crippen LogP contribution in [0.25, 0.3) is 0 Å². The van der Waals surface area contributed by atoms with Crippen LogP contribution in [-0.2, 0) is 11.2 Å². The highest BCUT2D eigenvalue weighted by Gasteiger charge is 2.25. The summed E-state index contributed by atoms with van der Waals surface area (Å²) in [5.41, 5.74) is 3.15. The standard InChI is InChI=1S/C23H29N5O3/c1-17(19-3-2-18-4-11-31-21(18)14-19)26-5-7-28(8-6-26)23-24-15-20(16-25-23)22(29)27-9-12-30-13-10-27/h2-3,14-17H,4-13H2,1H3. The third-order valence-corrected chi connectivity index (χ3v) is 6.53. The van der Waals surface area contributed by atoms with Crippen LogP contribution in [0.15, 0.2) is 30.6 Å². The molecular formula is C23H29N5O3. The molecule has 2 saturated heterocycles. The molecule has 2 aromatic rings. The molecule has 1 aromatic heterocycles. The Balaban J connectivity index is 1.18. The minimum atomic E-state index is -0.0215. The van der Waals surface area contributed by atoms with Crippen molar-refractivity contribution in [3.05, 3.63) is 47.3 Å². The summed E-state index contributed by atoms with van der Waals surface area (Å²) in [7, 11) is 0. The van der Waals surface area contributed by atoms with Crippen molar-refractivity contribution in [1.29, 1.82) is 0 Å². The number of morpholine rings is 1. The normalized spacial score (nSPS) is 20.3. The summed E-state index contributed by atoms with van der Waals surface area (Å²) in [4.78, 5) is 28.0. The number of rotatable bonds is 4. The third-order valence-electron chi connectivity index (χ3n) is 6.53. The number of piperazine rings is 1. The molecule has 1 amide bonds. The van der Waals surface area contributed by atoms with Crippen LogP contribution in [0.3, 0.4) is 0 Å². The van der Waals surface area contributed by atoms with Crippen molar-refractivity contribution in [3.8, 4) is 5.75 Å². The number of amides is 1. The lowest BCUT2D eigenvalue weighted by atomic mass is 10.0. The first-order valence-corrected chi connectivity index (χ1v) is 11.1. The van der Waals surface area contributed by atoms with E-state index in [1.807, 2.05) is 0 Å². The minimum Gasteiger partial charge on any atom is -0.493 e. The van der Waals surface area contributed by atoms with Gasteiger partial charge in [-0.3, -0.25) is 9.69 Å². The summed E-state index contributed by atoms with van der Waals surface area (Å²) in [6.45, 7) is 9.09. The van der Waals surface area contributed by atoms with Crippen LogP contribution in [0.5, 0.6) is 5.75 Å². The second kappa shape index (κ2) is 8.80. The van der Waals surface area contributed by atoms with Crippen molar-refractivity contribution in [2.24, 2.45) is 0 Å². The van der Waals surface area contributed by atoms with Crippen LogP contribution in [0.2, 0.25) is 0 Å². The second-order valence-corrected chi connectivity index (χ2v) is 8.34. The Labute approximate surface area is 182 Å². The van der Waals surface area contributed by atoms with Gasteiger partial charge in [0.15, 0.2) is 0 Å². The molecule has 0 saturated carbocycles. The van der Waals surface area contributed by atoms with Gasteiger partial charge in [0.1, 0.15) is 5.75 Å². The van der Waals surface area contributed by atoms with Crippen LogP contribution in [0.4, 0.5) is 5.95 Å². The average molecular weight is 424 g/mol. The van der Waals surface area contributed by atoms with Crippen LogP contribution in [-0.4, -0.2) is 84.8 Å². The Morgan fingerprint density at radius 2 is 1.74 bits per heavy atom. The predicted octanol–water partition coefficient (Wildman–Crippen LogP) is 1.77. The number of carbonyl (C=O) groups is 1. The topological polar surface area (TPSA) is 71.0 Å². The van der Waals surface area contributed by atoms with Crippen molar-refractivity contribution in [2.45, 2.75) is 19.4 Å². The highest BCUT2D eigenvalue weighted by molar-refractivity contribution is 5.93. The maximum Gasteiger partial charge on any atom is 0.257 e. The van der Waals surface area contributed by atoms with Crippen molar-refractivity contribution in [3.63, 3.8) is 0 Å². The predicted molar refractivity (Wildman–Crippen MR) is 117 cm³/mol. The lowest BCUT2D eigenvalue weighted by Gasteiger charge is -2.38. The van der Waals surface area contributed by atoms with Crippen molar-refractivity contribution >= 4 is 11.9 Å². The Bertz CT molecular complexity index is 921. The Morgan fingerprint density at radius 1 is 1.00 bits per heavy atom. The van der Waals surface area contributed by atoms with Crippen LogP contribution >= 0.6 is 0 Å². The van der Waals surface area contributed by atoms with Gasteiger partial charge in [-0.25, -0.2) is 9.97 Å². The number of hydrogen-bond acceptors (Lipinski definition) is 7. The molecule has 2 fully saturated rings. The number of aromatic nitrogens is 2. The van der Waals surface area contributed by atoms with Gasteiger partial charge in [-0.15, -0.1) is 0 Å². The highest BCUT2D eigenvalue weighted by atomic mass is 16.5. The van der Waals surface area contributed by atoms with Crippen molar-refractivity contribution in [2.75, 3.05) is 64.0 Å². The SMILES string of the molecule is CC(c1ccc2c(c1)OCC2)N1CCN(c2ncc(C(=O)N3CCOCC3)cn2)CC1. The van der Waals surface area contributed by atoms with E-state index in [0.29, 0.717) is 43.9 Å². The van der Waals surface area contributed by atoms with Gasteiger partial charge in [0.25, 0.3) is 5.91 Å². The molecule has 0 N–H and O–H groups in total. The number of fused-ring (bicyclic) bond motifs is 1. The van der Waals surface area contributed by atoms with E-state index in [1.165, 1.54) is 11.1 Å². The van der Waals surface area contributed by atoms with Gasteiger partial charge < -0.3 is 19.3 Å². The number of ether oxygens (including phenoxy) is 2. The molecule has 1 aromatic carbocycles. The first-order valence-electron chi connectivity index (χ1n) is 11.1. The van der Waals surface area contributed by atoms with Gasteiger partial charge >= 0.3 is 0 Å². The molecule has 3 aliphatic rings. The van der Waals surface area contributed by atoms with Crippen LogP contribution < -0.4 is 9.64 Å². The Kier molecular flexibility index (Phi) is 5.74. The molecule has 31 heavy (non-hydrogen) atoms. The molecule has 0 aliphatic carbocycles. The zero-order valence-corrected chi connectivity index (χ0v) is 18.0. The van der Waals surface area contributed by atoms with E-state index in [9.17, 15) is 4.79 Å². The van der Waals surface area contributed by atoms with E-state index < -0.39 is 0 Å². The third kappa shape index (κ3) is 4.22. The molecule has 8 heteroatoms. The number of nitrogens with zero attached hydrogens (tertiary/aromatic N) is 5. The van der Waals surface area contributed by atoms with Gasteiger partial charge in [0, 0.05) is 64.1 Å². The summed E-state index contributed by atoms with van der Waals surface area (Å²) >= 11 is 0. The summed E-state index contributed by atoms with van der Waals surface area (Å²) < 4.78 is 11.1. The second-order valence-electron chi connectivity index (χ2n) is 8.34. The molecule has 164 valence electrons. The quantitative estimate of drug-likeness (QED) is 0.742. The largest absolute Gasteiger partial charge is 0.493 e. The number of benzene rings is 1. The lowest BCUT2D eigenvalue weighted by Crippen LogP contribution is -2.47.